The van der Waals surface area contributed by atoms with Gasteiger partial charge >= 0.3 is 6.18 Å². The molecule has 0 atom stereocenters. The number of halogens is 4. The quantitative estimate of drug-likeness (QED) is 0.264. The van der Waals surface area contributed by atoms with Crippen LogP contribution in [-0.4, -0.2) is 20.3 Å². The van der Waals surface area contributed by atoms with Crippen LogP contribution in [0.25, 0.3) is 22.4 Å². The van der Waals surface area contributed by atoms with Gasteiger partial charge in [0, 0.05) is 28.7 Å². The Hall–Kier alpha value is -3.91. The van der Waals surface area contributed by atoms with Gasteiger partial charge in [-0.3, -0.25) is 9.78 Å². The largest absolute Gasteiger partial charge is 0.432 e. The van der Waals surface area contributed by atoms with E-state index in [1.807, 2.05) is 0 Å². The third kappa shape index (κ3) is 3.97. The number of carbonyl (C=O) groups excluding carboxylic acids is 1. The summed E-state index contributed by atoms with van der Waals surface area (Å²) in [5.74, 6) is -1.22. The van der Waals surface area contributed by atoms with Gasteiger partial charge in [0.1, 0.15) is 11.4 Å². The molecule has 34 heavy (non-hydrogen) atoms. The fraction of sp³-hybridized carbons (Fsp3) is 0.0800. The van der Waals surface area contributed by atoms with Gasteiger partial charge in [0.25, 0.3) is 11.7 Å². The molecule has 0 aliphatic heterocycles. The summed E-state index contributed by atoms with van der Waals surface area (Å²) < 4.78 is 49.8. The highest BCUT2D eigenvalue weighted by Gasteiger charge is 2.42. The van der Waals surface area contributed by atoms with E-state index in [0.29, 0.717) is 16.3 Å². The molecule has 0 aliphatic rings. The van der Waals surface area contributed by atoms with E-state index in [1.54, 1.807) is 60.7 Å². The van der Waals surface area contributed by atoms with Gasteiger partial charge in [-0.25, -0.2) is 4.98 Å². The molecular weight excluding hydrogens is 467 g/mol. The molecule has 5 rings (SSSR count). The van der Waals surface area contributed by atoms with Crippen molar-refractivity contribution in [1.82, 2.24) is 14.5 Å². The normalized spacial score (nSPS) is 11.8. The molecule has 0 aliphatic carbocycles. The van der Waals surface area contributed by atoms with Crippen LogP contribution in [0.4, 0.5) is 13.2 Å². The molecule has 3 heterocycles. The van der Waals surface area contributed by atoms with E-state index in [1.165, 1.54) is 18.5 Å². The predicted octanol–water partition coefficient (Wildman–Crippen LogP) is 6.64. The Bertz CT molecular complexity index is 1490. The second-order valence-corrected chi connectivity index (χ2v) is 7.96. The number of oxazole rings is 1. The highest BCUT2D eigenvalue weighted by Crippen LogP contribution is 2.40. The van der Waals surface area contributed by atoms with E-state index in [0.717, 1.165) is 4.57 Å². The highest BCUT2D eigenvalue weighted by molar-refractivity contribution is 6.30. The van der Waals surface area contributed by atoms with Crippen molar-refractivity contribution in [2.45, 2.75) is 12.7 Å². The minimum absolute atomic E-state index is 0.107. The Kier molecular flexibility index (Phi) is 5.45. The average molecular weight is 482 g/mol. The van der Waals surface area contributed by atoms with Crippen LogP contribution in [0.1, 0.15) is 27.5 Å². The summed E-state index contributed by atoms with van der Waals surface area (Å²) in [6, 6.07) is 17.8. The Morgan fingerprint density at radius 1 is 0.971 bits per heavy atom. The molecule has 0 fully saturated rings. The Labute approximate surface area is 196 Å². The first-order chi connectivity index (χ1) is 16.3. The number of alkyl halides is 3. The molecule has 0 bridgehead atoms. The number of hydrogen-bond acceptors (Lipinski definition) is 4. The molecule has 2 aromatic carbocycles. The molecular formula is C25H15ClF3N3O2. The number of carbonyl (C=O) groups is 1. The summed E-state index contributed by atoms with van der Waals surface area (Å²) in [5.41, 5.74) is -0.291. The van der Waals surface area contributed by atoms with Crippen molar-refractivity contribution in [3.63, 3.8) is 0 Å². The van der Waals surface area contributed by atoms with E-state index in [9.17, 15) is 18.0 Å². The third-order valence-electron chi connectivity index (χ3n) is 5.34. The average Bonchev–Trinajstić information content (AvgIpc) is 3.44. The predicted molar refractivity (Wildman–Crippen MR) is 121 cm³/mol. The fourth-order valence-corrected chi connectivity index (χ4v) is 4.00. The van der Waals surface area contributed by atoms with Crippen molar-refractivity contribution >= 4 is 28.3 Å². The SMILES string of the molecule is O=C(c1ncc(-c2ccccn2)o1)c1c(C(F)(F)F)n(Cc2ccc(Cl)cc2)c2ccccc12. The minimum atomic E-state index is -4.81. The molecule has 0 unspecified atom stereocenters. The Balaban J connectivity index is 1.67. The fourth-order valence-electron chi connectivity index (χ4n) is 3.88. The van der Waals surface area contributed by atoms with Gasteiger partial charge in [-0.2, -0.15) is 13.2 Å². The van der Waals surface area contributed by atoms with Crippen LogP contribution >= 0.6 is 11.6 Å². The molecule has 5 nitrogen and oxygen atoms in total. The first-order valence-corrected chi connectivity index (χ1v) is 10.6. The van der Waals surface area contributed by atoms with Crippen molar-refractivity contribution in [2.75, 3.05) is 0 Å². The van der Waals surface area contributed by atoms with Gasteiger partial charge in [0.2, 0.25) is 0 Å². The lowest BCUT2D eigenvalue weighted by molar-refractivity contribution is -0.143. The van der Waals surface area contributed by atoms with E-state index in [-0.39, 0.29) is 23.2 Å². The summed E-state index contributed by atoms with van der Waals surface area (Å²) in [7, 11) is 0. The van der Waals surface area contributed by atoms with E-state index < -0.39 is 29.1 Å². The lowest BCUT2D eigenvalue weighted by Crippen LogP contribution is -2.18. The summed E-state index contributed by atoms with van der Waals surface area (Å²) >= 11 is 5.92. The maximum atomic E-state index is 14.4. The molecule has 170 valence electrons. The molecule has 3 aromatic heterocycles. The van der Waals surface area contributed by atoms with Crippen LogP contribution in [0.5, 0.6) is 0 Å². The molecule has 0 spiro atoms. The number of para-hydroxylation sites is 1. The van der Waals surface area contributed by atoms with Crippen LogP contribution in [-0.2, 0) is 12.7 Å². The topological polar surface area (TPSA) is 60.9 Å². The van der Waals surface area contributed by atoms with Gasteiger partial charge < -0.3 is 8.98 Å². The molecule has 0 saturated heterocycles. The summed E-state index contributed by atoms with van der Waals surface area (Å²) in [4.78, 5) is 21.4. The molecule has 0 N–H and O–H groups in total. The molecule has 0 radical (unpaired) electrons. The van der Waals surface area contributed by atoms with Crippen LogP contribution < -0.4 is 0 Å². The Morgan fingerprint density at radius 3 is 2.41 bits per heavy atom. The number of hydrogen-bond donors (Lipinski definition) is 0. The third-order valence-corrected chi connectivity index (χ3v) is 5.59. The number of rotatable bonds is 5. The molecule has 5 aromatic rings. The second kappa shape index (κ2) is 8.46. The van der Waals surface area contributed by atoms with Crippen molar-refractivity contribution in [3.8, 4) is 11.5 Å². The second-order valence-electron chi connectivity index (χ2n) is 7.52. The number of aromatic nitrogens is 3. The lowest BCUT2D eigenvalue weighted by Gasteiger charge is -2.14. The van der Waals surface area contributed by atoms with Gasteiger partial charge in [0.05, 0.1) is 11.8 Å². The van der Waals surface area contributed by atoms with Crippen molar-refractivity contribution in [3.05, 3.63) is 107 Å². The van der Waals surface area contributed by atoms with Gasteiger partial charge in [0.15, 0.2) is 5.76 Å². The van der Waals surface area contributed by atoms with E-state index in [2.05, 4.69) is 9.97 Å². The first-order valence-electron chi connectivity index (χ1n) is 10.2. The van der Waals surface area contributed by atoms with Gasteiger partial charge in [-0.15, -0.1) is 0 Å². The highest BCUT2D eigenvalue weighted by atomic mass is 35.5. The molecule has 0 saturated carbocycles. The van der Waals surface area contributed by atoms with Gasteiger partial charge in [-0.1, -0.05) is 48.0 Å². The number of nitrogens with zero attached hydrogens (tertiary/aromatic N) is 3. The van der Waals surface area contributed by atoms with Crippen LogP contribution in [0.15, 0.2) is 83.5 Å². The summed E-state index contributed by atoms with van der Waals surface area (Å²) in [6.45, 7) is -0.107. The van der Waals surface area contributed by atoms with Crippen LogP contribution in [0.2, 0.25) is 5.02 Å². The summed E-state index contributed by atoms with van der Waals surface area (Å²) in [5, 5.41) is 0.631. The monoisotopic (exact) mass is 481 g/mol. The maximum absolute atomic E-state index is 14.4. The maximum Gasteiger partial charge on any atom is 0.432 e. The van der Waals surface area contributed by atoms with Crippen molar-refractivity contribution in [2.24, 2.45) is 0 Å². The minimum Gasteiger partial charge on any atom is -0.432 e. The number of fused-ring (bicyclic) bond motifs is 1. The van der Waals surface area contributed by atoms with Crippen molar-refractivity contribution in [1.29, 1.82) is 0 Å². The van der Waals surface area contributed by atoms with E-state index in [4.69, 9.17) is 16.0 Å². The zero-order chi connectivity index (χ0) is 23.9. The molecule has 9 heteroatoms. The van der Waals surface area contributed by atoms with Crippen molar-refractivity contribution < 1.29 is 22.4 Å². The summed E-state index contributed by atoms with van der Waals surface area (Å²) in [6.07, 6.45) is -2.01. The Morgan fingerprint density at radius 2 is 1.71 bits per heavy atom. The number of ketones is 1. The van der Waals surface area contributed by atoms with Gasteiger partial charge in [-0.05, 0) is 35.9 Å². The zero-order valence-electron chi connectivity index (χ0n) is 17.4. The lowest BCUT2D eigenvalue weighted by atomic mass is 10.1. The smallest absolute Gasteiger partial charge is 0.432 e. The first kappa shape index (κ1) is 21.9. The number of pyridine rings is 1. The standard InChI is InChI=1S/C25H15ClF3N3O2/c26-16-10-8-15(9-11-16)14-32-19-7-2-1-5-17(19)21(23(32)25(27,28)29)22(33)24-31-13-20(34-24)18-6-3-4-12-30-18/h1-13H,14H2. The van der Waals surface area contributed by atoms with Crippen LogP contribution in [0, 0.1) is 0 Å². The van der Waals surface area contributed by atoms with E-state index >= 15 is 0 Å². The molecule has 0 amide bonds. The number of benzene rings is 2. The van der Waals surface area contributed by atoms with Crippen LogP contribution in [0.3, 0.4) is 0 Å². The zero-order valence-corrected chi connectivity index (χ0v) is 18.1.